The normalized spacial score (nSPS) is 35.8. The summed E-state index contributed by atoms with van der Waals surface area (Å²) in [7, 11) is 1.81. The summed E-state index contributed by atoms with van der Waals surface area (Å²) in [5.74, 6) is 0.260. The van der Waals surface area contributed by atoms with Gasteiger partial charge in [-0.15, -0.1) is 0 Å². The van der Waals surface area contributed by atoms with Gasteiger partial charge in [0.15, 0.2) is 0 Å². The Bertz CT molecular complexity index is 771. The lowest BCUT2D eigenvalue weighted by Gasteiger charge is -2.50. The number of ether oxygens (including phenoxy) is 2. The van der Waals surface area contributed by atoms with Crippen molar-refractivity contribution in [2.75, 3.05) is 46.5 Å². The van der Waals surface area contributed by atoms with E-state index in [1.54, 1.807) is 4.90 Å². The van der Waals surface area contributed by atoms with Gasteiger partial charge in [0, 0.05) is 26.7 Å². The van der Waals surface area contributed by atoms with Crippen molar-refractivity contribution in [3.05, 3.63) is 35.9 Å². The van der Waals surface area contributed by atoms with E-state index in [0.29, 0.717) is 45.4 Å². The number of fused-ring (bicyclic) bond motifs is 2. The molecule has 32 heavy (non-hydrogen) atoms. The number of nitrogens with zero attached hydrogens (tertiary/aromatic N) is 2. The molecule has 2 bridgehead atoms. The lowest BCUT2D eigenvalue weighted by Crippen LogP contribution is -2.59. The third kappa shape index (κ3) is 4.87. The molecule has 0 aliphatic carbocycles. The molecule has 3 heterocycles. The molecule has 0 saturated carbocycles. The zero-order chi connectivity index (χ0) is 22.8. The number of benzene rings is 1. The molecule has 0 aromatic heterocycles. The topological polar surface area (TPSA) is 82.5 Å². The van der Waals surface area contributed by atoms with Crippen LogP contribution >= 0.6 is 0 Å². The molecular formula is C25H38N2O5. The SMILES string of the molecule is CN(C(=O)CN1CCOCC1)[C@H]1CC[C@@]2(CCO)C[C@H](c3ccccc3)C[C@](C)(O2)[C@@H]1O. The van der Waals surface area contributed by atoms with E-state index in [9.17, 15) is 15.0 Å². The van der Waals surface area contributed by atoms with Gasteiger partial charge < -0.3 is 24.6 Å². The lowest BCUT2D eigenvalue weighted by molar-refractivity contribution is -0.226. The van der Waals surface area contributed by atoms with Crippen molar-refractivity contribution in [1.82, 2.24) is 9.80 Å². The Morgan fingerprint density at radius 3 is 2.62 bits per heavy atom. The highest BCUT2D eigenvalue weighted by atomic mass is 16.5. The second kappa shape index (κ2) is 9.77. The van der Waals surface area contributed by atoms with E-state index in [4.69, 9.17) is 9.47 Å². The van der Waals surface area contributed by atoms with E-state index in [1.807, 2.05) is 32.2 Å². The fourth-order valence-corrected chi connectivity index (χ4v) is 5.99. The van der Waals surface area contributed by atoms with Gasteiger partial charge in [0.25, 0.3) is 0 Å². The Kier molecular flexibility index (Phi) is 7.22. The van der Waals surface area contributed by atoms with Crippen LogP contribution in [0.3, 0.4) is 0 Å². The zero-order valence-corrected chi connectivity index (χ0v) is 19.4. The van der Waals surface area contributed by atoms with Crippen LogP contribution in [0.25, 0.3) is 0 Å². The summed E-state index contributed by atoms with van der Waals surface area (Å²) >= 11 is 0. The van der Waals surface area contributed by atoms with Crippen molar-refractivity contribution in [3.63, 3.8) is 0 Å². The molecule has 0 spiro atoms. The summed E-state index contributed by atoms with van der Waals surface area (Å²) in [5.41, 5.74) is -0.0407. The average molecular weight is 447 g/mol. The van der Waals surface area contributed by atoms with E-state index < -0.39 is 17.3 Å². The first-order valence-corrected chi connectivity index (χ1v) is 12.0. The van der Waals surface area contributed by atoms with Crippen LogP contribution in [-0.2, 0) is 14.3 Å². The first-order chi connectivity index (χ1) is 15.4. The first-order valence-electron chi connectivity index (χ1n) is 12.0. The molecule has 5 atom stereocenters. The minimum absolute atomic E-state index is 0.0202. The molecule has 1 aromatic rings. The minimum Gasteiger partial charge on any atom is -0.396 e. The molecule has 3 fully saturated rings. The van der Waals surface area contributed by atoms with Crippen LogP contribution in [0.2, 0.25) is 0 Å². The summed E-state index contributed by atoms with van der Waals surface area (Å²) < 4.78 is 12.1. The van der Waals surface area contributed by atoms with Gasteiger partial charge in [-0.3, -0.25) is 9.69 Å². The number of aliphatic hydroxyl groups excluding tert-OH is 2. The maximum Gasteiger partial charge on any atom is 0.236 e. The highest BCUT2D eigenvalue weighted by Crippen LogP contribution is 2.51. The highest BCUT2D eigenvalue weighted by Gasteiger charge is 2.55. The van der Waals surface area contributed by atoms with Crippen LogP contribution < -0.4 is 0 Å². The van der Waals surface area contributed by atoms with Gasteiger partial charge >= 0.3 is 0 Å². The van der Waals surface area contributed by atoms with E-state index >= 15 is 0 Å². The number of aliphatic hydroxyl groups is 2. The van der Waals surface area contributed by atoms with Gasteiger partial charge in [-0.05, 0) is 50.5 Å². The second-order valence-electron chi connectivity index (χ2n) is 10.0. The first kappa shape index (κ1) is 23.6. The van der Waals surface area contributed by atoms with E-state index in [1.165, 1.54) is 5.56 Å². The molecule has 1 amide bonds. The summed E-state index contributed by atoms with van der Waals surface area (Å²) in [6.45, 7) is 5.19. The highest BCUT2D eigenvalue weighted by molar-refractivity contribution is 5.78. The van der Waals surface area contributed by atoms with Gasteiger partial charge in [-0.1, -0.05) is 30.3 Å². The van der Waals surface area contributed by atoms with Gasteiger partial charge in [0.1, 0.15) is 6.10 Å². The number of rotatable bonds is 6. The van der Waals surface area contributed by atoms with Crippen LogP contribution in [0.15, 0.2) is 30.3 Å². The molecule has 1 aromatic carbocycles. The summed E-state index contributed by atoms with van der Waals surface area (Å²) in [4.78, 5) is 17.0. The number of amides is 1. The predicted molar refractivity (Wildman–Crippen MR) is 121 cm³/mol. The number of hydrogen-bond donors (Lipinski definition) is 2. The number of carbonyl (C=O) groups excluding carboxylic acids is 1. The molecule has 3 aliphatic heterocycles. The molecule has 3 saturated heterocycles. The molecule has 2 N–H and O–H groups in total. The van der Waals surface area contributed by atoms with Crippen molar-refractivity contribution in [2.45, 2.75) is 68.3 Å². The molecule has 0 radical (unpaired) electrons. The van der Waals surface area contributed by atoms with Crippen LogP contribution in [0, 0.1) is 0 Å². The Labute approximate surface area is 191 Å². The van der Waals surface area contributed by atoms with Crippen LogP contribution in [-0.4, -0.2) is 95.8 Å². The molecule has 7 heteroatoms. The van der Waals surface area contributed by atoms with Crippen LogP contribution in [0.1, 0.15) is 50.5 Å². The average Bonchev–Trinajstić information content (AvgIpc) is 2.87. The van der Waals surface area contributed by atoms with Crippen molar-refractivity contribution < 1.29 is 24.5 Å². The van der Waals surface area contributed by atoms with Crippen molar-refractivity contribution in [3.8, 4) is 0 Å². The van der Waals surface area contributed by atoms with E-state index in [-0.39, 0.29) is 24.5 Å². The van der Waals surface area contributed by atoms with Crippen LogP contribution in [0.5, 0.6) is 0 Å². The van der Waals surface area contributed by atoms with Gasteiger partial charge in [-0.2, -0.15) is 0 Å². The Hall–Kier alpha value is -1.51. The number of morpholine rings is 1. The van der Waals surface area contributed by atoms with E-state index in [2.05, 4.69) is 17.0 Å². The number of hydrogen-bond acceptors (Lipinski definition) is 6. The summed E-state index contributed by atoms with van der Waals surface area (Å²) in [6.07, 6.45) is 2.61. The van der Waals surface area contributed by atoms with Crippen molar-refractivity contribution in [2.24, 2.45) is 0 Å². The zero-order valence-electron chi connectivity index (χ0n) is 19.4. The van der Waals surface area contributed by atoms with Gasteiger partial charge in [0.05, 0.1) is 37.0 Å². The van der Waals surface area contributed by atoms with Crippen molar-refractivity contribution in [1.29, 1.82) is 0 Å². The molecule has 178 valence electrons. The molecule has 4 rings (SSSR count). The van der Waals surface area contributed by atoms with E-state index in [0.717, 1.165) is 19.5 Å². The smallest absolute Gasteiger partial charge is 0.236 e. The quantitative estimate of drug-likeness (QED) is 0.693. The predicted octanol–water partition coefficient (Wildman–Crippen LogP) is 1.77. The Balaban J connectivity index is 1.56. The monoisotopic (exact) mass is 446 g/mol. The summed E-state index contributed by atoms with van der Waals surface area (Å²) in [6, 6.07) is 10.1. The summed E-state index contributed by atoms with van der Waals surface area (Å²) in [5, 5.41) is 21.4. The van der Waals surface area contributed by atoms with Gasteiger partial charge in [0.2, 0.25) is 5.91 Å². The maximum absolute atomic E-state index is 13.1. The third-order valence-electron chi connectivity index (χ3n) is 7.80. The van der Waals surface area contributed by atoms with Crippen LogP contribution in [0.4, 0.5) is 0 Å². The fourth-order valence-electron chi connectivity index (χ4n) is 5.99. The number of carbonyl (C=O) groups is 1. The van der Waals surface area contributed by atoms with Crippen molar-refractivity contribution >= 4 is 5.91 Å². The largest absolute Gasteiger partial charge is 0.396 e. The number of likely N-dealkylation sites (N-methyl/N-ethyl adjacent to an activating group) is 1. The fraction of sp³-hybridized carbons (Fsp3) is 0.720. The standard InChI is InChI=1S/C25H38N2O5/c1-24-16-20(19-6-4-3-5-7-19)17-25(32-24,10-13-28)9-8-21(23(24)30)26(2)22(29)18-27-11-14-31-15-12-27/h3-7,20-21,23,28,30H,8-18H2,1-2H3/t20-,21+,23-,24+,25-/m1/s1. The lowest BCUT2D eigenvalue weighted by atomic mass is 9.73. The molecule has 3 aliphatic rings. The third-order valence-corrected chi connectivity index (χ3v) is 7.80. The molecule has 0 unspecified atom stereocenters. The maximum atomic E-state index is 13.1. The molecule has 7 nitrogen and oxygen atoms in total. The van der Waals surface area contributed by atoms with Gasteiger partial charge in [-0.25, -0.2) is 0 Å². The minimum atomic E-state index is -0.798. The molecular weight excluding hydrogens is 408 g/mol. The Morgan fingerprint density at radius 2 is 1.94 bits per heavy atom. The Morgan fingerprint density at radius 1 is 1.22 bits per heavy atom. The second-order valence-corrected chi connectivity index (χ2v) is 10.0.